The number of fused-ring (bicyclic) bond motifs is 1. The second-order valence-corrected chi connectivity index (χ2v) is 7.55. The summed E-state index contributed by atoms with van der Waals surface area (Å²) in [4.78, 5) is 16.4. The number of hydrogen-bond donors (Lipinski definition) is 2. The number of nitrogens with one attached hydrogen (secondary N) is 2. The highest BCUT2D eigenvalue weighted by Crippen LogP contribution is 2.38. The summed E-state index contributed by atoms with van der Waals surface area (Å²) in [6, 6.07) is 6.43. The van der Waals surface area contributed by atoms with Crippen molar-refractivity contribution in [2.75, 3.05) is 5.32 Å². The van der Waals surface area contributed by atoms with Crippen molar-refractivity contribution in [2.45, 2.75) is 50.2 Å². The van der Waals surface area contributed by atoms with Gasteiger partial charge in [0.15, 0.2) is 0 Å². The molecule has 1 unspecified atom stereocenters. The molecule has 0 saturated heterocycles. The van der Waals surface area contributed by atoms with E-state index in [0.29, 0.717) is 17.3 Å². The SMILES string of the molecule is O=CC1NC=Cc2cc(C3CCCCC3)nc(Nc3cccc(C(F)(F)F)c3)c21. The molecule has 7 heteroatoms. The summed E-state index contributed by atoms with van der Waals surface area (Å²) in [7, 11) is 0. The lowest BCUT2D eigenvalue weighted by Crippen LogP contribution is -2.23. The number of halogens is 3. The summed E-state index contributed by atoms with van der Waals surface area (Å²) in [6.07, 6.45) is 5.56. The standard InChI is InChI=1S/C22H22F3N3O/c23-22(24,25)16-7-4-8-17(12-16)27-21-20-15(9-10-26-19(20)13-29)11-18(28-21)14-5-2-1-3-6-14/h4,7-14,19,26H,1-3,5-6H2,(H,27,28). The summed E-state index contributed by atoms with van der Waals surface area (Å²) in [5.74, 6) is 0.755. The van der Waals surface area contributed by atoms with Crippen LogP contribution < -0.4 is 10.6 Å². The Morgan fingerprint density at radius 2 is 1.93 bits per heavy atom. The van der Waals surface area contributed by atoms with Crippen LogP contribution in [0.2, 0.25) is 0 Å². The second kappa shape index (κ2) is 7.89. The number of rotatable bonds is 4. The van der Waals surface area contributed by atoms with Gasteiger partial charge in [0.1, 0.15) is 18.1 Å². The fourth-order valence-corrected chi connectivity index (χ4v) is 4.11. The maximum Gasteiger partial charge on any atom is 0.416 e. The molecule has 0 radical (unpaired) electrons. The molecular formula is C22H22F3N3O. The van der Waals surface area contributed by atoms with Gasteiger partial charge >= 0.3 is 6.18 Å². The summed E-state index contributed by atoms with van der Waals surface area (Å²) < 4.78 is 39.3. The number of nitrogens with zero attached hydrogens (tertiary/aromatic N) is 1. The van der Waals surface area contributed by atoms with Gasteiger partial charge in [-0.15, -0.1) is 0 Å². The summed E-state index contributed by atoms with van der Waals surface area (Å²) in [6.45, 7) is 0. The normalized spacial score (nSPS) is 19.3. The van der Waals surface area contributed by atoms with Crippen LogP contribution in [0.4, 0.5) is 24.7 Å². The average molecular weight is 401 g/mol. The molecule has 2 heterocycles. The largest absolute Gasteiger partial charge is 0.416 e. The molecule has 1 aromatic carbocycles. The Labute approximate surface area is 167 Å². The van der Waals surface area contributed by atoms with Gasteiger partial charge in [0.2, 0.25) is 0 Å². The van der Waals surface area contributed by atoms with Crippen LogP contribution in [-0.2, 0) is 11.0 Å². The Bertz CT molecular complexity index is 933. The van der Waals surface area contributed by atoms with Gasteiger partial charge in [-0.2, -0.15) is 13.2 Å². The van der Waals surface area contributed by atoms with Crippen LogP contribution in [-0.4, -0.2) is 11.3 Å². The summed E-state index contributed by atoms with van der Waals surface area (Å²) in [5, 5.41) is 6.02. The quantitative estimate of drug-likeness (QED) is 0.645. The molecule has 1 atom stereocenters. The minimum atomic E-state index is -4.43. The van der Waals surface area contributed by atoms with Gasteiger partial charge in [0.05, 0.1) is 5.56 Å². The van der Waals surface area contributed by atoms with Crippen molar-refractivity contribution in [3.63, 3.8) is 0 Å². The fraction of sp³-hybridized carbons (Fsp3) is 0.364. The highest BCUT2D eigenvalue weighted by molar-refractivity contribution is 5.77. The van der Waals surface area contributed by atoms with Crippen molar-refractivity contribution in [3.05, 3.63) is 58.9 Å². The van der Waals surface area contributed by atoms with Crippen LogP contribution in [0.25, 0.3) is 6.08 Å². The lowest BCUT2D eigenvalue weighted by Gasteiger charge is -2.27. The van der Waals surface area contributed by atoms with E-state index in [1.54, 1.807) is 12.3 Å². The zero-order chi connectivity index (χ0) is 20.4. The molecule has 1 aromatic heterocycles. The number of benzene rings is 1. The van der Waals surface area contributed by atoms with E-state index in [-0.39, 0.29) is 5.69 Å². The Hall–Kier alpha value is -2.83. The third-order valence-corrected chi connectivity index (χ3v) is 5.57. The molecule has 4 rings (SSSR count). The number of carbonyl (C=O) groups is 1. The van der Waals surface area contributed by atoms with Gasteiger partial charge < -0.3 is 15.4 Å². The average Bonchev–Trinajstić information content (AvgIpc) is 2.73. The van der Waals surface area contributed by atoms with E-state index in [9.17, 15) is 18.0 Å². The number of pyridine rings is 1. The van der Waals surface area contributed by atoms with E-state index in [2.05, 4.69) is 10.6 Å². The maximum atomic E-state index is 13.1. The van der Waals surface area contributed by atoms with Gasteiger partial charge in [-0.1, -0.05) is 25.3 Å². The molecule has 2 aliphatic rings. The third-order valence-electron chi connectivity index (χ3n) is 5.57. The molecule has 1 aliphatic heterocycles. The number of carbonyl (C=O) groups excluding carboxylic acids is 1. The third kappa shape index (κ3) is 4.13. The lowest BCUT2D eigenvalue weighted by atomic mass is 9.85. The van der Waals surface area contributed by atoms with Crippen LogP contribution in [0.15, 0.2) is 36.5 Å². The van der Waals surface area contributed by atoms with Gasteiger partial charge in [0.25, 0.3) is 0 Å². The Morgan fingerprint density at radius 1 is 1.14 bits per heavy atom. The van der Waals surface area contributed by atoms with Crippen LogP contribution in [0, 0.1) is 0 Å². The number of aromatic nitrogens is 1. The molecule has 0 spiro atoms. The molecule has 4 nitrogen and oxygen atoms in total. The molecule has 29 heavy (non-hydrogen) atoms. The van der Waals surface area contributed by atoms with E-state index in [1.165, 1.54) is 12.5 Å². The lowest BCUT2D eigenvalue weighted by molar-refractivity contribution is -0.137. The highest BCUT2D eigenvalue weighted by atomic mass is 19.4. The van der Waals surface area contributed by atoms with E-state index in [4.69, 9.17) is 4.98 Å². The Kier molecular flexibility index (Phi) is 5.30. The molecule has 1 aliphatic carbocycles. The van der Waals surface area contributed by atoms with E-state index in [0.717, 1.165) is 55.4 Å². The number of alkyl halides is 3. The van der Waals surface area contributed by atoms with Crippen molar-refractivity contribution in [3.8, 4) is 0 Å². The van der Waals surface area contributed by atoms with Crippen molar-refractivity contribution in [1.29, 1.82) is 0 Å². The maximum absolute atomic E-state index is 13.1. The first-order chi connectivity index (χ1) is 14.0. The summed E-state index contributed by atoms with van der Waals surface area (Å²) >= 11 is 0. The van der Waals surface area contributed by atoms with Gasteiger partial charge in [-0.05, 0) is 54.9 Å². The van der Waals surface area contributed by atoms with Gasteiger partial charge in [-0.3, -0.25) is 0 Å². The smallest absolute Gasteiger partial charge is 0.378 e. The van der Waals surface area contributed by atoms with Crippen LogP contribution in [0.1, 0.15) is 66.4 Å². The monoisotopic (exact) mass is 401 g/mol. The van der Waals surface area contributed by atoms with Crippen LogP contribution >= 0.6 is 0 Å². The molecule has 1 fully saturated rings. The molecule has 2 N–H and O–H groups in total. The predicted molar refractivity (Wildman–Crippen MR) is 106 cm³/mol. The minimum absolute atomic E-state index is 0.287. The van der Waals surface area contributed by atoms with Crippen molar-refractivity contribution >= 4 is 23.9 Å². The predicted octanol–water partition coefficient (Wildman–Crippen LogP) is 5.71. The van der Waals surface area contributed by atoms with Crippen molar-refractivity contribution in [1.82, 2.24) is 10.3 Å². The topological polar surface area (TPSA) is 54.0 Å². The van der Waals surface area contributed by atoms with Crippen LogP contribution in [0.5, 0.6) is 0 Å². The zero-order valence-corrected chi connectivity index (χ0v) is 15.8. The van der Waals surface area contributed by atoms with Crippen molar-refractivity contribution in [2.24, 2.45) is 0 Å². The fourth-order valence-electron chi connectivity index (χ4n) is 4.11. The zero-order valence-electron chi connectivity index (χ0n) is 15.8. The van der Waals surface area contributed by atoms with Gasteiger partial charge in [0, 0.05) is 22.9 Å². The second-order valence-electron chi connectivity index (χ2n) is 7.55. The first-order valence-electron chi connectivity index (χ1n) is 9.83. The Balaban J connectivity index is 1.76. The first-order valence-corrected chi connectivity index (χ1v) is 9.83. The van der Waals surface area contributed by atoms with E-state index in [1.807, 2.05) is 12.1 Å². The minimum Gasteiger partial charge on any atom is -0.378 e. The Morgan fingerprint density at radius 3 is 2.66 bits per heavy atom. The van der Waals surface area contributed by atoms with E-state index >= 15 is 0 Å². The van der Waals surface area contributed by atoms with Crippen molar-refractivity contribution < 1.29 is 18.0 Å². The van der Waals surface area contributed by atoms with Crippen LogP contribution in [0.3, 0.4) is 0 Å². The number of aldehydes is 1. The molecule has 2 aromatic rings. The highest BCUT2D eigenvalue weighted by Gasteiger charge is 2.31. The first kappa shape index (κ1) is 19.5. The molecular weight excluding hydrogens is 379 g/mol. The molecule has 0 amide bonds. The molecule has 0 bridgehead atoms. The van der Waals surface area contributed by atoms with Gasteiger partial charge in [-0.25, -0.2) is 4.98 Å². The molecule has 1 saturated carbocycles. The molecule has 152 valence electrons. The number of hydrogen-bond acceptors (Lipinski definition) is 4. The number of anilines is 2. The van der Waals surface area contributed by atoms with E-state index < -0.39 is 17.8 Å². The summed E-state index contributed by atoms with van der Waals surface area (Å²) in [5.41, 5.74) is 2.00.